The third-order valence-electron chi connectivity index (χ3n) is 12.4. The number of allylic oxidation sites excluding steroid dienone is 2. The molecule has 5 rings (SSSR count). The summed E-state index contributed by atoms with van der Waals surface area (Å²) in [6.45, 7) is 14.0. The number of nitrogens with one attached hydrogen (secondary N) is 1. The van der Waals surface area contributed by atoms with Crippen LogP contribution in [0.5, 0.6) is 0 Å². The number of carbonyl (C=O) groups excluding carboxylic acids is 1. The summed E-state index contributed by atoms with van der Waals surface area (Å²) in [7, 11) is 0. The second-order valence-electron chi connectivity index (χ2n) is 14.9. The van der Waals surface area contributed by atoms with E-state index in [0.717, 1.165) is 37.7 Å². The molecule has 1 aromatic carbocycles. The average molecular weight is 548 g/mol. The van der Waals surface area contributed by atoms with Gasteiger partial charge in [0, 0.05) is 11.8 Å². The van der Waals surface area contributed by atoms with Crippen molar-refractivity contribution in [2.75, 3.05) is 0 Å². The Hall–Kier alpha value is -1.91. The van der Waals surface area contributed by atoms with Gasteiger partial charge in [-0.2, -0.15) is 0 Å². The SMILES string of the molecule is CC(C)[C@@H](C)/C=C/[C@@H](C)[C@H]1CC[C@H]2[C@@]3(O)C=C[C@@]4(NC(=O)Cc5ccccc5)C[C@@H](O)CC[C@]4(C)[C@H]3CC[C@]12C. The van der Waals surface area contributed by atoms with Crippen molar-refractivity contribution in [3.8, 4) is 0 Å². The van der Waals surface area contributed by atoms with E-state index in [4.69, 9.17) is 0 Å². The van der Waals surface area contributed by atoms with Crippen molar-refractivity contribution in [3.05, 3.63) is 60.2 Å². The average Bonchev–Trinajstić information content (AvgIpc) is 3.27. The van der Waals surface area contributed by atoms with Gasteiger partial charge in [0.25, 0.3) is 0 Å². The number of carbonyl (C=O) groups is 1. The summed E-state index contributed by atoms with van der Waals surface area (Å²) in [6, 6.07) is 9.86. The number of hydrogen-bond acceptors (Lipinski definition) is 3. The van der Waals surface area contributed by atoms with Crippen LogP contribution in [0.1, 0.15) is 92.1 Å². The zero-order valence-corrected chi connectivity index (χ0v) is 25.7. The molecule has 1 aromatic rings. The Kier molecular flexibility index (Phi) is 7.94. The quantitative estimate of drug-likeness (QED) is 0.327. The van der Waals surface area contributed by atoms with Gasteiger partial charge in [-0.25, -0.2) is 0 Å². The van der Waals surface area contributed by atoms with Gasteiger partial charge in [-0.15, -0.1) is 0 Å². The van der Waals surface area contributed by atoms with E-state index in [2.05, 4.69) is 71.2 Å². The number of fused-ring (bicyclic) bond motifs is 5. The molecule has 3 N–H and O–H groups in total. The lowest BCUT2D eigenvalue weighted by molar-refractivity contribution is -0.186. The Morgan fingerprint density at radius 1 is 0.975 bits per heavy atom. The molecule has 0 aliphatic heterocycles. The lowest BCUT2D eigenvalue weighted by Crippen LogP contribution is -2.72. The van der Waals surface area contributed by atoms with Crippen LogP contribution in [-0.2, 0) is 11.2 Å². The van der Waals surface area contributed by atoms with Gasteiger partial charge in [0.1, 0.15) is 0 Å². The standard InChI is InChI=1S/C36H53NO3/c1-24(2)25(3)12-13-26(4)29-14-15-30-33(29,5)18-17-31-34(6)19-16-28(38)23-35(34,20-21-36(30,31)40)37-32(39)22-27-10-8-7-9-11-27/h7-13,20-21,24-26,28-31,38,40H,14-19,22-23H2,1-6H3,(H,37,39)/b13-12+/t25-,26+,28-,29+,30+,31+,33+,34+,35+,36-/m0/s1. The van der Waals surface area contributed by atoms with E-state index in [1.54, 1.807) is 0 Å². The van der Waals surface area contributed by atoms with E-state index in [0.29, 0.717) is 42.9 Å². The van der Waals surface area contributed by atoms with Crippen LogP contribution >= 0.6 is 0 Å². The Labute approximate surface area is 242 Å². The highest BCUT2D eigenvalue weighted by Crippen LogP contribution is 2.69. The summed E-state index contributed by atoms with van der Waals surface area (Å²) in [6.07, 6.45) is 15.2. The fourth-order valence-corrected chi connectivity index (χ4v) is 9.67. The van der Waals surface area contributed by atoms with Gasteiger partial charge in [0.15, 0.2) is 0 Å². The first kappa shape index (κ1) is 29.6. The number of amides is 1. The van der Waals surface area contributed by atoms with Crippen molar-refractivity contribution in [2.45, 2.75) is 110 Å². The number of aliphatic hydroxyl groups is 2. The van der Waals surface area contributed by atoms with E-state index in [1.165, 1.54) is 0 Å². The summed E-state index contributed by atoms with van der Waals surface area (Å²) in [5, 5.41) is 27.0. The van der Waals surface area contributed by atoms with Crippen molar-refractivity contribution in [1.82, 2.24) is 5.32 Å². The van der Waals surface area contributed by atoms with Crippen LogP contribution in [0.2, 0.25) is 0 Å². The lowest BCUT2D eigenvalue weighted by atomic mass is 9.42. The topological polar surface area (TPSA) is 69.6 Å². The molecular formula is C36H53NO3. The van der Waals surface area contributed by atoms with Gasteiger partial charge in [-0.1, -0.05) is 96.2 Å². The molecule has 0 aromatic heterocycles. The summed E-state index contributed by atoms with van der Waals surface area (Å²) >= 11 is 0. The fraction of sp³-hybridized carbons (Fsp3) is 0.694. The predicted molar refractivity (Wildman–Crippen MR) is 162 cm³/mol. The highest BCUT2D eigenvalue weighted by Gasteiger charge is 2.69. The van der Waals surface area contributed by atoms with Crippen molar-refractivity contribution in [1.29, 1.82) is 0 Å². The zero-order chi connectivity index (χ0) is 28.9. The molecule has 220 valence electrons. The number of rotatable bonds is 7. The van der Waals surface area contributed by atoms with Crippen LogP contribution in [0.25, 0.3) is 0 Å². The first-order chi connectivity index (χ1) is 18.8. The van der Waals surface area contributed by atoms with Gasteiger partial charge < -0.3 is 15.5 Å². The minimum Gasteiger partial charge on any atom is -0.393 e. The maximum absolute atomic E-state index is 13.4. The van der Waals surface area contributed by atoms with E-state index < -0.39 is 17.2 Å². The van der Waals surface area contributed by atoms with Crippen LogP contribution in [0, 0.1) is 46.3 Å². The minimum atomic E-state index is -0.888. The first-order valence-corrected chi connectivity index (χ1v) is 16.0. The molecule has 4 nitrogen and oxygen atoms in total. The molecule has 4 aliphatic rings. The van der Waals surface area contributed by atoms with Crippen LogP contribution in [0.4, 0.5) is 0 Å². The largest absolute Gasteiger partial charge is 0.393 e. The number of aliphatic hydroxyl groups excluding tert-OH is 1. The highest BCUT2D eigenvalue weighted by molar-refractivity contribution is 5.80. The van der Waals surface area contributed by atoms with E-state index in [1.807, 2.05) is 30.3 Å². The van der Waals surface area contributed by atoms with Crippen LogP contribution in [0.3, 0.4) is 0 Å². The molecular weight excluding hydrogens is 494 g/mol. The van der Waals surface area contributed by atoms with E-state index in [-0.39, 0.29) is 28.6 Å². The first-order valence-electron chi connectivity index (χ1n) is 16.0. The molecule has 0 heterocycles. The van der Waals surface area contributed by atoms with E-state index in [9.17, 15) is 15.0 Å². The van der Waals surface area contributed by atoms with Gasteiger partial charge in [0.05, 0.1) is 23.7 Å². The third-order valence-corrected chi connectivity index (χ3v) is 12.4. The molecule has 4 heteroatoms. The van der Waals surface area contributed by atoms with Crippen LogP contribution in [-0.4, -0.2) is 33.4 Å². The van der Waals surface area contributed by atoms with Crippen molar-refractivity contribution >= 4 is 5.91 Å². The second kappa shape index (κ2) is 10.7. The lowest BCUT2D eigenvalue weighted by Gasteiger charge is -2.66. The van der Waals surface area contributed by atoms with Crippen molar-refractivity contribution in [3.63, 3.8) is 0 Å². The predicted octanol–water partition coefficient (Wildman–Crippen LogP) is 6.86. The Morgan fingerprint density at radius 2 is 1.70 bits per heavy atom. The van der Waals surface area contributed by atoms with E-state index >= 15 is 0 Å². The number of benzene rings is 1. The molecule has 10 atom stereocenters. The molecule has 40 heavy (non-hydrogen) atoms. The van der Waals surface area contributed by atoms with Gasteiger partial charge >= 0.3 is 0 Å². The summed E-state index contributed by atoms with van der Waals surface area (Å²) < 4.78 is 0. The Balaban J connectivity index is 1.44. The molecule has 0 radical (unpaired) electrons. The minimum absolute atomic E-state index is 0.0144. The molecule has 3 fully saturated rings. The molecule has 1 amide bonds. The fourth-order valence-electron chi connectivity index (χ4n) is 9.67. The van der Waals surface area contributed by atoms with Crippen LogP contribution in [0.15, 0.2) is 54.6 Å². The van der Waals surface area contributed by atoms with Crippen molar-refractivity contribution in [2.24, 2.45) is 46.3 Å². The summed E-state index contributed by atoms with van der Waals surface area (Å²) in [4.78, 5) is 13.4. The molecule has 4 aliphatic carbocycles. The van der Waals surface area contributed by atoms with Gasteiger partial charge in [-0.05, 0) is 85.0 Å². The molecule has 0 spiro atoms. The smallest absolute Gasteiger partial charge is 0.225 e. The van der Waals surface area contributed by atoms with Crippen molar-refractivity contribution < 1.29 is 15.0 Å². The third kappa shape index (κ3) is 4.81. The Morgan fingerprint density at radius 3 is 2.40 bits per heavy atom. The van der Waals surface area contributed by atoms with Gasteiger partial charge in [-0.3, -0.25) is 4.79 Å². The monoisotopic (exact) mass is 547 g/mol. The normalized spacial score (nSPS) is 42.2. The van der Waals surface area contributed by atoms with Gasteiger partial charge in [0.2, 0.25) is 5.91 Å². The maximum Gasteiger partial charge on any atom is 0.225 e. The maximum atomic E-state index is 13.4. The molecule has 0 bridgehead atoms. The second-order valence-corrected chi connectivity index (χ2v) is 14.9. The highest BCUT2D eigenvalue weighted by atomic mass is 16.3. The summed E-state index contributed by atoms with van der Waals surface area (Å²) in [5.41, 5.74) is -0.785. The molecule has 0 saturated heterocycles. The number of hydrogen-bond donors (Lipinski definition) is 3. The zero-order valence-electron chi connectivity index (χ0n) is 25.7. The molecule has 0 unspecified atom stereocenters. The molecule has 3 saturated carbocycles. The Bertz CT molecular complexity index is 1130. The van der Waals surface area contributed by atoms with Crippen LogP contribution < -0.4 is 5.32 Å². The summed E-state index contributed by atoms with van der Waals surface area (Å²) in [5.74, 6) is 2.51.